The van der Waals surface area contributed by atoms with Crippen LogP contribution in [-0.4, -0.2) is 5.11 Å². The second kappa shape index (κ2) is 17.2. The molecule has 0 aromatic rings. The zero-order chi connectivity index (χ0) is 24.6. The Kier molecular flexibility index (Phi) is 17.0. The van der Waals surface area contributed by atoms with Crippen LogP contribution in [0.4, 0.5) is 0 Å². The van der Waals surface area contributed by atoms with Crippen LogP contribution in [0.5, 0.6) is 0 Å². The highest BCUT2D eigenvalue weighted by molar-refractivity contribution is 5.50. The summed E-state index contributed by atoms with van der Waals surface area (Å²) in [5, 5.41) is 9.16. The van der Waals surface area contributed by atoms with Crippen molar-refractivity contribution in [1.82, 2.24) is 0 Å². The van der Waals surface area contributed by atoms with E-state index in [1.54, 1.807) is 6.08 Å². The summed E-state index contributed by atoms with van der Waals surface area (Å²) >= 11 is 0. The summed E-state index contributed by atoms with van der Waals surface area (Å²) in [4.78, 5) is 0. The molecule has 0 aromatic heterocycles. The largest absolute Gasteiger partial charge is 0.509 e. The fourth-order valence-corrected chi connectivity index (χ4v) is 2.44. The first-order valence-corrected chi connectivity index (χ1v) is 11.3. The van der Waals surface area contributed by atoms with Gasteiger partial charge in [-0.05, 0) is 60.8 Å². The molecule has 1 heteroatoms. The van der Waals surface area contributed by atoms with Crippen molar-refractivity contribution in [3.8, 4) is 0 Å². The number of aliphatic hydroxyl groups is 1. The molecule has 2 atom stereocenters. The minimum Gasteiger partial charge on any atom is -0.509 e. The Morgan fingerprint density at radius 3 is 1.71 bits per heavy atom. The molecular formula is C30H46O. The van der Waals surface area contributed by atoms with Crippen LogP contribution in [-0.2, 0) is 0 Å². The number of aliphatic hydroxyl groups excluding tert-OH is 1. The van der Waals surface area contributed by atoms with Crippen molar-refractivity contribution < 1.29 is 5.11 Å². The lowest BCUT2D eigenvalue weighted by Crippen LogP contribution is -2.03. The van der Waals surface area contributed by atoms with Crippen LogP contribution in [0.1, 0.15) is 67.2 Å². The first kappa shape index (κ1) is 30.7. The van der Waals surface area contributed by atoms with Crippen molar-refractivity contribution in [2.75, 3.05) is 0 Å². The van der Waals surface area contributed by atoms with E-state index in [0.717, 1.165) is 52.7 Å². The molecule has 31 heavy (non-hydrogen) atoms. The molecule has 0 spiro atoms. The predicted octanol–water partition coefficient (Wildman–Crippen LogP) is 9.78. The molecule has 172 valence electrons. The van der Waals surface area contributed by atoms with E-state index < -0.39 is 0 Å². The molecule has 0 rings (SSSR count). The summed E-state index contributed by atoms with van der Waals surface area (Å²) in [6.07, 6.45) is 13.8. The van der Waals surface area contributed by atoms with E-state index in [-0.39, 0.29) is 5.76 Å². The topological polar surface area (TPSA) is 20.2 Å². The van der Waals surface area contributed by atoms with Crippen LogP contribution in [0.3, 0.4) is 0 Å². The van der Waals surface area contributed by atoms with Gasteiger partial charge in [0.2, 0.25) is 0 Å². The summed E-state index contributed by atoms with van der Waals surface area (Å²) in [6, 6.07) is 0. The highest BCUT2D eigenvalue weighted by Gasteiger charge is 2.11. The molecular weight excluding hydrogens is 376 g/mol. The van der Waals surface area contributed by atoms with Crippen LogP contribution < -0.4 is 0 Å². The van der Waals surface area contributed by atoms with Crippen molar-refractivity contribution >= 4 is 0 Å². The molecule has 0 saturated heterocycles. The maximum atomic E-state index is 9.16. The molecule has 2 unspecified atom stereocenters. The lowest BCUT2D eigenvalue weighted by atomic mass is 9.88. The molecule has 0 fully saturated rings. The third-order valence-electron chi connectivity index (χ3n) is 5.03. The Balaban J connectivity index is 0. The van der Waals surface area contributed by atoms with Gasteiger partial charge >= 0.3 is 0 Å². The quantitative estimate of drug-likeness (QED) is 0.231. The van der Waals surface area contributed by atoms with Gasteiger partial charge in [-0.2, -0.15) is 0 Å². The first-order chi connectivity index (χ1) is 14.4. The molecule has 0 aliphatic carbocycles. The minimum absolute atomic E-state index is 0.00169. The fraction of sp³-hybridized carbons (Fsp3) is 0.400. The summed E-state index contributed by atoms with van der Waals surface area (Å²) in [6.45, 7) is 36.7. The third kappa shape index (κ3) is 15.0. The van der Waals surface area contributed by atoms with Crippen molar-refractivity contribution in [3.63, 3.8) is 0 Å². The Bertz CT molecular complexity index is 736. The average molecular weight is 423 g/mol. The normalized spacial score (nSPS) is 13.3. The van der Waals surface area contributed by atoms with Crippen molar-refractivity contribution in [1.29, 1.82) is 0 Å². The number of hydrogen-bond donors (Lipinski definition) is 1. The lowest BCUT2D eigenvalue weighted by Gasteiger charge is -2.17. The molecule has 0 bridgehead atoms. The maximum Gasteiger partial charge on any atom is 0.108 e. The van der Waals surface area contributed by atoms with Crippen molar-refractivity contribution in [2.24, 2.45) is 11.8 Å². The second-order valence-corrected chi connectivity index (χ2v) is 8.24. The van der Waals surface area contributed by atoms with Gasteiger partial charge in [0.1, 0.15) is 5.76 Å². The smallest absolute Gasteiger partial charge is 0.108 e. The molecule has 0 heterocycles. The predicted molar refractivity (Wildman–Crippen MR) is 143 cm³/mol. The van der Waals surface area contributed by atoms with E-state index in [1.165, 1.54) is 12.5 Å². The number of rotatable bonds is 13. The van der Waals surface area contributed by atoms with E-state index in [1.807, 2.05) is 6.92 Å². The highest BCUT2D eigenvalue weighted by atomic mass is 16.3. The monoisotopic (exact) mass is 422 g/mol. The van der Waals surface area contributed by atoms with Crippen molar-refractivity contribution in [3.05, 3.63) is 109 Å². The second-order valence-electron chi connectivity index (χ2n) is 8.24. The lowest BCUT2D eigenvalue weighted by molar-refractivity contribution is 0.435. The standard InChI is InChI=1S/C27H38O.C3H8/c1-11-19(2)12-13-20(3)21(4)14-15-22(5)24(7)18-25(8)27(10)23(6)16-17-26(9)28;1-3-2/h12-13,16-18,21-22,28H,2-3,6-7,9-11,14-15H2,1,4-5,8H3;3H2,1-2H3/b13-12-,17-16-,25-18-;. The van der Waals surface area contributed by atoms with E-state index in [4.69, 9.17) is 5.11 Å². The Morgan fingerprint density at radius 1 is 0.774 bits per heavy atom. The van der Waals surface area contributed by atoms with Crippen LogP contribution in [0.2, 0.25) is 0 Å². The number of allylic oxidation sites excluding steroid dienone is 11. The Labute approximate surface area is 193 Å². The van der Waals surface area contributed by atoms with Gasteiger partial charge in [0.25, 0.3) is 0 Å². The zero-order valence-corrected chi connectivity index (χ0v) is 21.1. The van der Waals surface area contributed by atoms with Gasteiger partial charge in [0, 0.05) is 0 Å². The Hall–Kier alpha value is -2.54. The maximum absolute atomic E-state index is 9.16. The SMILES string of the molecule is C=C(O)/C=C\C(=C)C(=C)/C(C)=C\C(=C)C(C)CCC(C)C(=C)/C=C\C(=C)CC.CCC. The van der Waals surface area contributed by atoms with E-state index >= 15 is 0 Å². The van der Waals surface area contributed by atoms with Gasteiger partial charge in [0.15, 0.2) is 0 Å². The highest BCUT2D eigenvalue weighted by Crippen LogP contribution is 2.26. The van der Waals surface area contributed by atoms with Gasteiger partial charge in [0.05, 0.1) is 0 Å². The van der Waals surface area contributed by atoms with Crippen LogP contribution in [0.25, 0.3) is 0 Å². The summed E-state index contributed by atoms with van der Waals surface area (Å²) in [5.74, 6) is 0.791. The van der Waals surface area contributed by atoms with Gasteiger partial charge in [-0.3, -0.25) is 0 Å². The Morgan fingerprint density at radius 2 is 1.26 bits per heavy atom. The van der Waals surface area contributed by atoms with E-state index in [2.05, 4.69) is 92.3 Å². The van der Waals surface area contributed by atoms with E-state index in [9.17, 15) is 0 Å². The van der Waals surface area contributed by atoms with Gasteiger partial charge in [-0.15, -0.1) is 0 Å². The summed E-state index contributed by atoms with van der Waals surface area (Å²) in [5.41, 5.74) is 5.93. The number of hydrogen-bond acceptors (Lipinski definition) is 1. The van der Waals surface area contributed by atoms with Crippen LogP contribution >= 0.6 is 0 Å². The molecule has 1 nitrogen and oxygen atoms in total. The molecule has 1 N–H and O–H groups in total. The molecule has 0 saturated carbocycles. The van der Waals surface area contributed by atoms with Crippen LogP contribution in [0, 0.1) is 11.8 Å². The molecule has 0 aromatic carbocycles. The third-order valence-corrected chi connectivity index (χ3v) is 5.03. The zero-order valence-electron chi connectivity index (χ0n) is 21.1. The first-order valence-electron chi connectivity index (χ1n) is 11.3. The summed E-state index contributed by atoms with van der Waals surface area (Å²) < 4.78 is 0. The molecule has 0 aliphatic heterocycles. The minimum atomic E-state index is -0.00169. The van der Waals surface area contributed by atoms with E-state index in [0.29, 0.717) is 11.8 Å². The average Bonchev–Trinajstić information content (AvgIpc) is 2.72. The molecule has 0 radical (unpaired) electrons. The van der Waals surface area contributed by atoms with Crippen molar-refractivity contribution in [2.45, 2.75) is 67.2 Å². The van der Waals surface area contributed by atoms with Gasteiger partial charge < -0.3 is 5.11 Å². The van der Waals surface area contributed by atoms with Crippen LogP contribution in [0.15, 0.2) is 109 Å². The fourth-order valence-electron chi connectivity index (χ4n) is 2.44. The summed E-state index contributed by atoms with van der Waals surface area (Å²) in [7, 11) is 0. The van der Waals surface area contributed by atoms with Gasteiger partial charge in [-0.25, -0.2) is 0 Å². The molecule has 0 aliphatic rings. The molecule has 0 amide bonds. The van der Waals surface area contributed by atoms with Gasteiger partial charge in [-0.1, -0.05) is 122 Å².